The number of hydrogen-bond donors (Lipinski definition) is 4. The predicted molar refractivity (Wildman–Crippen MR) is 53.6 cm³/mol. The summed E-state index contributed by atoms with van der Waals surface area (Å²) >= 11 is 0. The minimum Gasteiger partial charge on any atom is -0.394 e. The van der Waals surface area contributed by atoms with Crippen molar-refractivity contribution in [1.29, 1.82) is 0 Å². The predicted octanol–water partition coefficient (Wildman–Crippen LogP) is -1.03. The van der Waals surface area contributed by atoms with Crippen LogP contribution in [-0.2, 0) is 4.79 Å². The number of nitrogens with one attached hydrogen (secondary N) is 1. The minimum absolute atomic E-state index is 0.275. The Morgan fingerprint density at radius 1 is 1.43 bits per heavy atom. The maximum absolute atomic E-state index is 11.3. The molecule has 0 radical (unpaired) electrons. The number of nitrogens with two attached hydrogens (primary N) is 1. The summed E-state index contributed by atoms with van der Waals surface area (Å²) in [5.74, 6) is -0.313. The lowest BCUT2D eigenvalue weighted by Gasteiger charge is -2.16. The van der Waals surface area contributed by atoms with E-state index in [1.54, 1.807) is 0 Å². The van der Waals surface area contributed by atoms with Gasteiger partial charge in [-0.25, -0.2) is 0 Å². The van der Waals surface area contributed by atoms with Gasteiger partial charge in [-0.3, -0.25) is 4.79 Å². The van der Waals surface area contributed by atoms with Gasteiger partial charge in [-0.15, -0.1) is 0 Å². The molecule has 0 bridgehead atoms. The molecule has 0 aliphatic rings. The SMILES string of the molecule is CCCCC(N)C(=O)NC(CO)CO. The molecule has 5 N–H and O–H groups in total. The van der Waals surface area contributed by atoms with E-state index in [0.29, 0.717) is 6.42 Å². The Hall–Kier alpha value is -0.650. The van der Waals surface area contributed by atoms with E-state index in [1.807, 2.05) is 6.92 Å². The first-order valence-corrected chi connectivity index (χ1v) is 4.93. The summed E-state index contributed by atoms with van der Waals surface area (Å²) in [5, 5.41) is 19.9. The van der Waals surface area contributed by atoms with Crippen LogP contribution in [0, 0.1) is 0 Å². The van der Waals surface area contributed by atoms with Crippen molar-refractivity contribution in [3.8, 4) is 0 Å². The standard InChI is InChI=1S/C9H20N2O3/c1-2-3-4-8(10)9(14)11-7(5-12)6-13/h7-8,12-13H,2-6,10H2,1H3,(H,11,14). The largest absolute Gasteiger partial charge is 0.394 e. The Kier molecular flexibility index (Phi) is 7.37. The van der Waals surface area contributed by atoms with Gasteiger partial charge in [0.05, 0.1) is 25.3 Å². The number of aliphatic hydroxyl groups excluding tert-OH is 2. The number of amides is 1. The van der Waals surface area contributed by atoms with E-state index >= 15 is 0 Å². The van der Waals surface area contributed by atoms with Crippen molar-refractivity contribution in [3.05, 3.63) is 0 Å². The third-order valence-electron chi connectivity index (χ3n) is 1.99. The maximum Gasteiger partial charge on any atom is 0.237 e. The second-order valence-electron chi connectivity index (χ2n) is 3.32. The quantitative estimate of drug-likeness (QED) is 0.426. The average molecular weight is 204 g/mol. The molecule has 84 valence electrons. The molecule has 1 atom stereocenters. The van der Waals surface area contributed by atoms with Gasteiger partial charge >= 0.3 is 0 Å². The van der Waals surface area contributed by atoms with Crippen LogP contribution in [-0.4, -0.2) is 41.4 Å². The fourth-order valence-corrected chi connectivity index (χ4v) is 1.01. The lowest BCUT2D eigenvalue weighted by atomic mass is 10.1. The van der Waals surface area contributed by atoms with Crippen molar-refractivity contribution in [2.75, 3.05) is 13.2 Å². The fraction of sp³-hybridized carbons (Fsp3) is 0.889. The van der Waals surface area contributed by atoms with Gasteiger partial charge in [0.15, 0.2) is 0 Å². The summed E-state index contributed by atoms with van der Waals surface area (Å²) in [6.45, 7) is 1.47. The van der Waals surface area contributed by atoms with Crippen LogP contribution in [0.25, 0.3) is 0 Å². The van der Waals surface area contributed by atoms with Crippen LogP contribution in [0.5, 0.6) is 0 Å². The van der Waals surface area contributed by atoms with Gasteiger partial charge in [0.2, 0.25) is 5.91 Å². The van der Waals surface area contributed by atoms with Gasteiger partial charge < -0.3 is 21.3 Å². The number of rotatable bonds is 7. The molecule has 5 heteroatoms. The Morgan fingerprint density at radius 3 is 2.43 bits per heavy atom. The topological polar surface area (TPSA) is 95.6 Å². The first-order chi connectivity index (χ1) is 6.65. The summed E-state index contributed by atoms with van der Waals surface area (Å²) in [7, 11) is 0. The highest BCUT2D eigenvalue weighted by Crippen LogP contribution is 1.98. The van der Waals surface area contributed by atoms with Crippen LogP contribution in [0.2, 0.25) is 0 Å². The van der Waals surface area contributed by atoms with E-state index in [9.17, 15) is 4.79 Å². The Balaban J connectivity index is 3.81. The number of aliphatic hydroxyl groups is 2. The molecule has 1 amide bonds. The second kappa shape index (κ2) is 7.73. The fourth-order valence-electron chi connectivity index (χ4n) is 1.01. The van der Waals surface area contributed by atoms with Crippen molar-refractivity contribution in [2.45, 2.75) is 38.3 Å². The molecule has 0 rings (SSSR count). The van der Waals surface area contributed by atoms with Gasteiger partial charge in [0.25, 0.3) is 0 Å². The van der Waals surface area contributed by atoms with Crippen molar-refractivity contribution < 1.29 is 15.0 Å². The van der Waals surface area contributed by atoms with Crippen molar-refractivity contribution in [2.24, 2.45) is 5.73 Å². The van der Waals surface area contributed by atoms with E-state index in [-0.39, 0.29) is 19.1 Å². The molecular weight excluding hydrogens is 184 g/mol. The number of unbranched alkanes of at least 4 members (excludes halogenated alkanes) is 1. The molecule has 0 aromatic carbocycles. The van der Waals surface area contributed by atoms with Crippen LogP contribution in [0.3, 0.4) is 0 Å². The number of carbonyl (C=O) groups excluding carboxylic acids is 1. The zero-order valence-electron chi connectivity index (χ0n) is 8.57. The van der Waals surface area contributed by atoms with Gasteiger partial charge in [-0.05, 0) is 6.42 Å². The lowest BCUT2D eigenvalue weighted by Crippen LogP contribution is -2.48. The summed E-state index contributed by atoms with van der Waals surface area (Å²) in [4.78, 5) is 11.3. The highest BCUT2D eigenvalue weighted by molar-refractivity contribution is 5.81. The molecular formula is C9H20N2O3. The summed E-state index contributed by atoms with van der Waals surface area (Å²) in [6, 6.07) is -1.15. The van der Waals surface area contributed by atoms with E-state index in [2.05, 4.69) is 5.32 Å². The average Bonchev–Trinajstić information content (AvgIpc) is 2.21. The highest BCUT2D eigenvalue weighted by atomic mass is 16.3. The van der Waals surface area contributed by atoms with Crippen LogP contribution in [0.4, 0.5) is 0 Å². The molecule has 0 saturated carbocycles. The number of carbonyl (C=O) groups is 1. The summed E-state index contributed by atoms with van der Waals surface area (Å²) in [6.07, 6.45) is 2.52. The zero-order valence-corrected chi connectivity index (χ0v) is 8.57. The van der Waals surface area contributed by atoms with Crippen molar-refractivity contribution >= 4 is 5.91 Å². The van der Waals surface area contributed by atoms with Gasteiger partial charge in [0, 0.05) is 0 Å². The van der Waals surface area contributed by atoms with Crippen LogP contribution >= 0.6 is 0 Å². The van der Waals surface area contributed by atoms with E-state index in [0.717, 1.165) is 12.8 Å². The third-order valence-corrected chi connectivity index (χ3v) is 1.99. The van der Waals surface area contributed by atoms with E-state index in [4.69, 9.17) is 15.9 Å². The normalized spacial score (nSPS) is 12.9. The minimum atomic E-state index is -0.602. The highest BCUT2D eigenvalue weighted by Gasteiger charge is 2.16. The third kappa shape index (κ3) is 5.16. The molecule has 0 spiro atoms. The molecule has 0 aromatic rings. The van der Waals surface area contributed by atoms with Crippen LogP contribution in [0.1, 0.15) is 26.2 Å². The molecule has 14 heavy (non-hydrogen) atoms. The van der Waals surface area contributed by atoms with Crippen molar-refractivity contribution in [3.63, 3.8) is 0 Å². The zero-order chi connectivity index (χ0) is 11.0. The van der Waals surface area contributed by atoms with Crippen molar-refractivity contribution in [1.82, 2.24) is 5.32 Å². The number of hydrogen-bond acceptors (Lipinski definition) is 4. The molecule has 0 aliphatic carbocycles. The van der Waals surface area contributed by atoms with E-state index in [1.165, 1.54) is 0 Å². The second-order valence-corrected chi connectivity index (χ2v) is 3.32. The molecule has 0 aromatic heterocycles. The first-order valence-electron chi connectivity index (χ1n) is 4.93. The Morgan fingerprint density at radius 2 is 2.00 bits per heavy atom. The Labute approximate surface area is 84.3 Å². The Bertz CT molecular complexity index is 160. The monoisotopic (exact) mass is 204 g/mol. The smallest absolute Gasteiger partial charge is 0.237 e. The van der Waals surface area contributed by atoms with Gasteiger partial charge in [-0.2, -0.15) is 0 Å². The first kappa shape index (κ1) is 13.4. The molecule has 0 saturated heterocycles. The molecule has 1 unspecified atom stereocenters. The molecule has 0 aliphatic heterocycles. The molecule has 0 heterocycles. The molecule has 5 nitrogen and oxygen atoms in total. The van der Waals surface area contributed by atoms with E-state index < -0.39 is 12.1 Å². The summed E-state index contributed by atoms with van der Waals surface area (Å²) < 4.78 is 0. The summed E-state index contributed by atoms with van der Waals surface area (Å²) in [5.41, 5.74) is 5.59. The lowest BCUT2D eigenvalue weighted by molar-refractivity contribution is -0.123. The van der Waals surface area contributed by atoms with Crippen LogP contribution < -0.4 is 11.1 Å². The molecule has 0 fully saturated rings. The van der Waals surface area contributed by atoms with Crippen LogP contribution in [0.15, 0.2) is 0 Å². The maximum atomic E-state index is 11.3. The van der Waals surface area contributed by atoms with Gasteiger partial charge in [0.1, 0.15) is 0 Å². The van der Waals surface area contributed by atoms with Gasteiger partial charge in [-0.1, -0.05) is 19.8 Å².